The van der Waals surface area contributed by atoms with Crippen LogP contribution in [0.5, 0.6) is 0 Å². The standard InChI is InChI=1S/C23H20BrClN2O/c24-18-3-6-21-20(12-18)17(11-22-23(28)16-7-9-26(22)10-8-16)14-27(21)13-15-1-4-19(25)5-2-15/h1-6,11-12,14,16H,7-10,13H2/b22-11-. The zero-order valence-corrected chi connectivity index (χ0v) is 17.7. The molecule has 2 aromatic carbocycles. The van der Waals surface area contributed by atoms with Crippen LogP contribution in [0.2, 0.25) is 5.02 Å². The number of carbonyl (C=O) groups is 1. The molecular weight excluding hydrogens is 436 g/mol. The number of halogens is 2. The molecule has 5 heteroatoms. The second kappa shape index (κ2) is 7.09. The summed E-state index contributed by atoms with van der Waals surface area (Å²) in [6, 6.07) is 14.3. The van der Waals surface area contributed by atoms with Crippen LogP contribution in [-0.2, 0) is 11.3 Å². The highest BCUT2D eigenvalue weighted by Crippen LogP contribution is 2.34. The molecule has 0 N–H and O–H groups in total. The molecule has 3 fully saturated rings. The highest BCUT2D eigenvalue weighted by molar-refractivity contribution is 9.10. The van der Waals surface area contributed by atoms with Crippen LogP contribution in [0.4, 0.5) is 0 Å². The molecule has 6 rings (SSSR count). The van der Waals surface area contributed by atoms with Crippen molar-refractivity contribution in [2.24, 2.45) is 5.92 Å². The van der Waals surface area contributed by atoms with Crippen LogP contribution in [0.25, 0.3) is 17.0 Å². The lowest BCUT2D eigenvalue weighted by Gasteiger charge is -2.41. The average molecular weight is 456 g/mol. The Labute approximate surface area is 177 Å². The van der Waals surface area contributed by atoms with Gasteiger partial charge in [0.1, 0.15) is 0 Å². The van der Waals surface area contributed by atoms with Gasteiger partial charge in [-0.25, -0.2) is 0 Å². The minimum atomic E-state index is 0.213. The smallest absolute Gasteiger partial charge is 0.182 e. The van der Waals surface area contributed by atoms with Crippen LogP contribution in [-0.4, -0.2) is 28.3 Å². The summed E-state index contributed by atoms with van der Waals surface area (Å²) in [4.78, 5) is 15.0. The molecule has 0 spiro atoms. The van der Waals surface area contributed by atoms with E-state index >= 15 is 0 Å². The first-order chi connectivity index (χ1) is 13.6. The number of piperidine rings is 3. The van der Waals surface area contributed by atoms with Crippen molar-refractivity contribution in [3.63, 3.8) is 0 Å². The van der Waals surface area contributed by atoms with Gasteiger partial charge in [-0.1, -0.05) is 39.7 Å². The number of carbonyl (C=O) groups excluding carboxylic acids is 1. The monoisotopic (exact) mass is 454 g/mol. The summed E-state index contributed by atoms with van der Waals surface area (Å²) < 4.78 is 3.29. The van der Waals surface area contributed by atoms with Gasteiger partial charge in [-0.15, -0.1) is 0 Å². The van der Waals surface area contributed by atoms with Gasteiger partial charge in [0.05, 0.1) is 5.70 Å². The van der Waals surface area contributed by atoms with E-state index in [9.17, 15) is 4.79 Å². The number of allylic oxidation sites excluding steroid dienone is 1. The van der Waals surface area contributed by atoms with Crippen molar-refractivity contribution in [3.05, 3.63) is 75.0 Å². The van der Waals surface area contributed by atoms with Crippen molar-refractivity contribution in [2.45, 2.75) is 19.4 Å². The molecule has 142 valence electrons. The van der Waals surface area contributed by atoms with Gasteiger partial charge in [0.2, 0.25) is 0 Å². The number of aromatic nitrogens is 1. The Hall–Kier alpha value is -2.04. The van der Waals surface area contributed by atoms with E-state index in [2.05, 4.69) is 68.0 Å². The van der Waals surface area contributed by atoms with Gasteiger partial charge in [0.25, 0.3) is 0 Å². The second-order valence-corrected chi connectivity index (χ2v) is 9.01. The van der Waals surface area contributed by atoms with Crippen LogP contribution >= 0.6 is 27.5 Å². The lowest BCUT2D eigenvalue weighted by Crippen LogP contribution is -2.45. The first kappa shape index (κ1) is 18.0. The van der Waals surface area contributed by atoms with Gasteiger partial charge in [-0.2, -0.15) is 0 Å². The minimum absolute atomic E-state index is 0.213. The molecule has 0 saturated carbocycles. The molecule has 1 aromatic heterocycles. The Morgan fingerprint density at radius 1 is 1.11 bits per heavy atom. The molecule has 0 radical (unpaired) electrons. The fourth-order valence-corrected chi connectivity index (χ4v) is 4.87. The molecule has 3 nitrogen and oxygen atoms in total. The van der Waals surface area contributed by atoms with E-state index in [0.717, 1.165) is 64.1 Å². The van der Waals surface area contributed by atoms with Crippen molar-refractivity contribution in [2.75, 3.05) is 13.1 Å². The van der Waals surface area contributed by atoms with Crippen molar-refractivity contribution in [1.82, 2.24) is 9.47 Å². The summed E-state index contributed by atoms with van der Waals surface area (Å²) in [6.07, 6.45) is 6.26. The second-order valence-electron chi connectivity index (χ2n) is 7.66. The first-order valence-electron chi connectivity index (χ1n) is 9.62. The van der Waals surface area contributed by atoms with Crippen LogP contribution in [0, 0.1) is 5.92 Å². The number of ketones is 1. The van der Waals surface area contributed by atoms with Crippen molar-refractivity contribution >= 4 is 50.3 Å². The maximum atomic E-state index is 12.8. The number of Topliss-reactive ketones (excluding diaryl/α,β-unsaturated/α-hetero) is 1. The summed E-state index contributed by atoms with van der Waals surface area (Å²) in [5.74, 6) is 0.525. The number of rotatable bonds is 3. The van der Waals surface area contributed by atoms with Gasteiger partial charge in [0.15, 0.2) is 5.78 Å². The van der Waals surface area contributed by atoms with Crippen molar-refractivity contribution in [1.29, 1.82) is 0 Å². The summed E-state index contributed by atoms with van der Waals surface area (Å²) >= 11 is 9.63. The normalized spacial score (nSPS) is 18.6. The van der Waals surface area contributed by atoms with Gasteiger partial charge in [0, 0.05) is 57.7 Å². The summed E-state index contributed by atoms with van der Waals surface area (Å²) in [6.45, 7) is 2.75. The Balaban J connectivity index is 1.59. The summed E-state index contributed by atoms with van der Waals surface area (Å²) in [5, 5.41) is 1.90. The molecule has 2 bridgehead atoms. The lowest BCUT2D eigenvalue weighted by molar-refractivity contribution is -0.125. The summed E-state index contributed by atoms with van der Waals surface area (Å²) in [7, 11) is 0. The predicted molar refractivity (Wildman–Crippen MR) is 117 cm³/mol. The van der Waals surface area contributed by atoms with E-state index < -0.39 is 0 Å². The number of benzene rings is 2. The van der Waals surface area contributed by atoms with Crippen LogP contribution in [0.3, 0.4) is 0 Å². The molecule has 3 aromatic rings. The maximum Gasteiger partial charge on any atom is 0.182 e. The largest absolute Gasteiger partial charge is 0.369 e. The number of fused-ring (bicyclic) bond motifs is 4. The zero-order chi connectivity index (χ0) is 19.3. The minimum Gasteiger partial charge on any atom is -0.369 e. The van der Waals surface area contributed by atoms with Gasteiger partial charge in [-0.05, 0) is 54.8 Å². The van der Waals surface area contributed by atoms with Crippen molar-refractivity contribution < 1.29 is 4.79 Å². The zero-order valence-electron chi connectivity index (χ0n) is 15.4. The lowest BCUT2D eigenvalue weighted by atomic mass is 9.84. The van der Waals surface area contributed by atoms with E-state index in [1.54, 1.807) is 0 Å². The quantitative estimate of drug-likeness (QED) is 0.470. The molecule has 0 atom stereocenters. The van der Waals surface area contributed by atoms with Gasteiger partial charge >= 0.3 is 0 Å². The SMILES string of the molecule is O=C1/C(=C/c2cn(Cc3ccc(Cl)cc3)c3ccc(Br)cc23)N2CCC1CC2. The molecular formula is C23H20BrClN2O. The molecule has 3 aliphatic heterocycles. The van der Waals surface area contributed by atoms with Crippen LogP contribution in [0.1, 0.15) is 24.0 Å². The third-order valence-electron chi connectivity index (χ3n) is 5.89. The molecule has 0 unspecified atom stereocenters. The van der Waals surface area contributed by atoms with Crippen LogP contribution in [0.15, 0.2) is 58.8 Å². The number of hydrogen-bond donors (Lipinski definition) is 0. The third kappa shape index (κ3) is 3.19. The fourth-order valence-electron chi connectivity index (χ4n) is 4.39. The molecule has 0 aliphatic carbocycles. The molecule has 28 heavy (non-hydrogen) atoms. The Morgan fingerprint density at radius 2 is 1.86 bits per heavy atom. The Kier molecular flexibility index (Phi) is 4.56. The fraction of sp³-hybridized carbons (Fsp3) is 0.261. The maximum absolute atomic E-state index is 12.8. The summed E-state index contributed by atoms with van der Waals surface area (Å²) in [5.41, 5.74) is 4.34. The van der Waals surface area contributed by atoms with E-state index in [1.807, 2.05) is 12.1 Å². The topological polar surface area (TPSA) is 25.2 Å². The average Bonchev–Trinajstić information content (AvgIpc) is 3.03. The molecule has 3 aliphatic rings. The predicted octanol–water partition coefficient (Wildman–Crippen LogP) is 5.74. The van der Waals surface area contributed by atoms with Crippen molar-refractivity contribution in [3.8, 4) is 0 Å². The Bertz CT molecular complexity index is 1090. The number of hydrogen-bond acceptors (Lipinski definition) is 2. The van der Waals surface area contributed by atoms with Gasteiger partial charge in [-0.3, -0.25) is 4.79 Å². The van der Waals surface area contributed by atoms with E-state index in [1.165, 1.54) is 5.56 Å². The first-order valence-corrected chi connectivity index (χ1v) is 10.8. The third-order valence-corrected chi connectivity index (χ3v) is 6.64. The highest BCUT2D eigenvalue weighted by Gasteiger charge is 2.36. The van der Waals surface area contributed by atoms with E-state index in [0.29, 0.717) is 5.78 Å². The van der Waals surface area contributed by atoms with Crippen LogP contribution < -0.4 is 0 Å². The highest BCUT2D eigenvalue weighted by atomic mass is 79.9. The molecule has 4 heterocycles. The molecule has 3 saturated heterocycles. The Morgan fingerprint density at radius 3 is 2.57 bits per heavy atom. The van der Waals surface area contributed by atoms with Gasteiger partial charge < -0.3 is 9.47 Å². The molecule has 0 amide bonds. The van der Waals surface area contributed by atoms with E-state index in [4.69, 9.17) is 11.6 Å². The van der Waals surface area contributed by atoms with E-state index in [-0.39, 0.29) is 5.92 Å². The number of nitrogens with zero attached hydrogens (tertiary/aromatic N) is 2.